The summed E-state index contributed by atoms with van der Waals surface area (Å²) in [5.74, 6) is -1.56. The molecule has 78 valence electrons. The van der Waals surface area contributed by atoms with E-state index >= 15 is 0 Å². The molecular formula is C9H13NO4. The summed E-state index contributed by atoms with van der Waals surface area (Å²) < 4.78 is 4.64. The second kappa shape index (κ2) is 5.90. The standard InChI is InChI=1S/C9H13NO4/c1-6(2)9(13)14-4-3-7(11)5-8(10)12/h1,3-5H2,2H3,(H2,10,12). The Morgan fingerprint density at radius 2 is 1.93 bits per heavy atom. The first kappa shape index (κ1) is 12.3. The molecule has 0 bridgehead atoms. The van der Waals surface area contributed by atoms with Crippen molar-refractivity contribution < 1.29 is 19.1 Å². The normalized spacial score (nSPS) is 9.21. The van der Waals surface area contributed by atoms with Gasteiger partial charge in [-0.25, -0.2) is 4.79 Å². The maximum atomic E-state index is 10.9. The van der Waals surface area contributed by atoms with Crippen LogP contribution in [-0.2, 0) is 19.1 Å². The van der Waals surface area contributed by atoms with Gasteiger partial charge in [-0.2, -0.15) is 0 Å². The van der Waals surface area contributed by atoms with Crippen molar-refractivity contribution in [3.63, 3.8) is 0 Å². The van der Waals surface area contributed by atoms with E-state index in [1.165, 1.54) is 6.92 Å². The average Bonchev–Trinajstić information content (AvgIpc) is 2.02. The van der Waals surface area contributed by atoms with Crippen LogP contribution in [0.15, 0.2) is 12.2 Å². The summed E-state index contributed by atoms with van der Waals surface area (Å²) >= 11 is 0. The minimum atomic E-state index is -0.679. The summed E-state index contributed by atoms with van der Waals surface area (Å²) in [6.07, 6.45) is -0.313. The number of nitrogens with two attached hydrogens (primary N) is 1. The fourth-order valence-corrected chi connectivity index (χ4v) is 0.663. The third-order valence-corrected chi connectivity index (χ3v) is 1.33. The van der Waals surface area contributed by atoms with Crippen LogP contribution in [0, 0.1) is 0 Å². The highest BCUT2D eigenvalue weighted by Crippen LogP contribution is 1.95. The van der Waals surface area contributed by atoms with Gasteiger partial charge in [0.2, 0.25) is 5.91 Å². The van der Waals surface area contributed by atoms with Crippen LogP contribution in [0.1, 0.15) is 19.8 Å². The molecule has 0 rings (SSSR count). The van der Waals surface area contributed by atoms with E-state index in [1.807, 2.05) is 0 Å². The molecule has 0 saturated heterocycles. The van der Waals surface area contributed by atoms with E-state index in [-0.39, 0.29) is 30.8 Å². The number of ether oxygens (including phenoxy) is 1. The summed E-state index contributed by atoms with van der Waals surface area (Å²) in [7, 11) is 0. The Bertz CT molecular complexity index is 270. The first-order valence-electron chi connectivity index (χ1n) is 4.06. The van der Waals surface area contributed by atoms with Gasteiger partial charge in [0.15, 0.2) is 0 Å². The van der Waals surface area contributed by atoms with Gasteiger partial charge in [0.05, 0.1) is 13.0 Å². The zero-order valence-electron chi connectivity index (χ0n) is 8.04. The summed E-state index contributed by atoms with van der Waals surface area (Å²) in [5, 5.41) is 0. The van der Waals surface area contributed by atoms with Gasteiger partial charge < -0.3 is 10.5 Å². The van der Waals surface area contributed by atoms with E-state index in [4.69, 9.17) is 5.73 Å². The molecule has 0 aromatic rings. The minimum Gasteiger partial charge on any atom is -0.462 e. The molecule has 1 amide bonds. The Morgan fingerprint density at radius 1 is 1.36 bits per heavy atom. The molecule has 14 heavy (non-hydrogen) atoms. The third-order valence-electron chi connectivity index (χ3n) is 1.33. The van der Waals surface area contributed by atoms with Gasteiger partial charge in [-0.05, 0) is 6.92 Å². The van der Waals surface area contributed by atoms with Crippen molar-refractivity contribution in [2.45, 2.75) is 19.8 Å². The van der Waals surface area contributed by atoms with E-state index in [0.29, 0.717) is 0 Å². The number of hydrogen-bond donors (Lipinski definition) is 1. The lowest BCUT2D eigenvalue weighted by atomic mass is 10.2. The smallest absolute Gasteiger partial charge is 0.333 e. The second-order valence-electron chi connectivity index (χ2n) is 2.85. The molecule has 0 aromatic carbocycles. The maximum Gasteiger partial charge on any atom is 0.333 e. The number of carbonyl (C=O) groups excluding carboxylic acids is 3. The zero-order chi connectivity index (χ0) is 11.1. The molecule has 2 N–H and O–H groups in total. The molecule has 0 aliphatic heterocycles. The van der Waals surface area contributed by atoms with Crippen LogP contribution in [0.3, 0.4) is 0 Å². The lowest BCUT2D eigenvalue weighted by Crippen LogP contribution is -2.18. The summed E-state index contributed by atoms with van der Waals surface area (Å²) in [6, 6.07) is 0. The van der Waals surface area contributed by atoms with Gasteiger partial charge >= 0.3 is 5.97 Å². The molecule has 0 aliphatic rings. The number of carbonyl (C=O) groups is 3. The van der Waals surface area contributed by atoms with Crippen molar-refractivity contribution >= 4 is 17.7 Å². The Kier molecular flexibility index (Phi) is 5.21. The van der Waals surface area contributed by atoms with Crippen molar-refractivity contribution in [2.24, 2.45) is 5.73 Å². The molecule has 5 nitrogen and oxygen atoms in total. The molecular weight excluding hydrogens is 186 g/mol. The fourth-order valence-electron chi connectivity index (χ4n) is 0.663. The van der Waals surface area contributed by atoms with E-state index in [2.05, 4.69) is 11.3 Å². The van der Waals surface area contributed by atoms with Crippen molar-refractivity contribution in [1.29, 1.82) is 0 Å². The van der Waals surface area contributed by atoms with E-state index < -0.39 is 11.9 Å². The number of esters is 1. The number of ketones is 1. The molecule has 0 heterocycles. The van der Waals surface area contributed by atoms with Crippen LogP contribution in [0.2, 0.25) is 0 Å². The summed E-state index contributed by atoms with van der Waals surface area (Å²) in [6.45, 7) is 4.83. The molecule has 0 fully saturated rings. The van der Waals surface area contributed by atoms with Crippen molar-refractivity contribution in [2.75, 3.05) is 6.61 Å². The largest absolute Gasteiger partial charge is 0.462 e. The highest BCUT2D eigenvalue weighted by Gasteiger charge is 2.08. The predicted octanol–water partition coefficient (Wildman–Crippen LogP) is -0.0597. The maximum absolute atomic E-state index is 10.9. The monoisotopic (exact) mass is 199 g/mol. The fraction of sp³-hybridized carbons (Fsp3) is 0.444. The van der Waals surface area contributed by atoms with Crippen LogP contribution in [0.25, 0.3) is 0 Å². The molecule has 0 atom stereocenters. The summed E-state index contributed by atoms with van der Waals surface area (Å²) in [5.41, 5.74) is 5.06. The second-order valence-corrected chi connectivity index (χ2v) is 2.85. The van der Waals surface area contributed by atoms with Crippen LogP contribution >= 0.6 is 0 Å². The molecule has 0 unspecified atom stereocenters. The van der Waals surface area contributed by atoms with Crippen molar-refractivity contribution in [3.05, 3.63) is 12.2 Å². The van der Waals surface area contributed by atoms with Crippen LogP contribution in [-0.4, -0.2) is 24.3 Å². The third kappa shape index (κ3) is 5.93. The topological polar surface area (TPSA) is 86.5 Å². The van der Waals surface area contributed by atoms with Gasteiger partial charge in [-0.15, -0.1) is 0 Å². The SMILES string of the molecule is C=C(C)C(=O)OCCC(=O)CC(N)=O. The highest BCUT2D eigenvalue weighted by atomic mass is 16.5. The van der Waals surface area contributed by atoms with E-state index in [0.717, 1.165) is 0 Å². The number of rotatable bonds is 6. The van der Waals surface area contributed by atoms with E-state index in [9.17, 15) is 14.4 Å². The van der Waals surface area contributed by atoms with Crippen LogP contribution in [0.4, 0.5) is 0 Å². The minimum absolute atomic E-state index is 0.00194. The molecule has 0 aromatic heterocycles. The molecule has 0 aliphatic carbocycles. The van der Waals surface area contributed by atoms with Gasteiger partial charge in [0.1, 0.15) is 5.78 Å². The molecule has 0 spiro atoms. The number of Topliss-reactive ketones (excluding diaryl/α,β-unsaturated/α-hetero) is 1. The lowest BCUT2D eigenvalue weighted by molar-refractivity contribution is -0.139. The Morgan fingerprint density at radius 3 is 2.36 bits per heavy atom. The molecule has 5 heteroatoms. The van der Waals surface area contributed by atoms with Crippen molar-refractivity contribution in [1.82, 2.24) is 0 Å². The lowest BCUT2D eigenvalue weighted by Gasteiger charge is -2.02. The quantitative estimate of drug-likeness (QED) is 0.369. The first-order valence-corrected chi connectivity index (χ1v) is 4.06. The Balaban J connectivity index is 3.64. The van der Waals surface area contributed by atoms with Crippen LogP contribution in [0.5, 0.6) is 0 Å². The zero-order valence-corrected chi connectivity index (χ0v) is 8.04. The van der Waals surface area contributed by atoms with Gasteiger partial charge in [0.25, 0.3) is 0 Å². The first-order chi connectivity index (χ1) is 6.43. The average molecular weight is 199 g/mol. The number of hydrogen-bond acceptors (Lipinski definition) is 4. The number of primary amides is 1. The highest BCUT2D eigenvalue weighted by molar-refractivity contribution is 5.97. The summed E-state index contributed by atoms with van der Waals surface area (Å²) in [4.78, 5) is 32.0. The molecule has 0 saturated carbocycles. The van der Waals surface area contributed by atoms with Gasteiger partial charge in [-0.1, -0.05) is 6.58 Å². The molecule has 0 radical (unpaired) electrons. The van der Waals surface area contributed by atoms with E-state index in [1.54, 1.807) is 0 Å². The Hall–Kier alpha value is -1.65. The van der Waals surface area contributed by atoms with Gasteiger partial charge in [0, 0.05) is 12.0 Å². The predicted molar refractivity (Wildman–Crippen MR) is 49.2 cm³/mol. The Labute approximate surface area is 81.9 Å². The van der Waals surface area contributed by atoms with Gasteiger partial charge in [-0.3, -0.25) is 9.59 Å². The van der Waals surface area contributed by atoms with Crippen LogP contribution < -0.4 is 5.73 Å². The van der Waals surface area contributed by atoms with Crippen molar-refractivity contribution in [3.8, 4) is 0 Å². The number of amides is 1.